The Bertz CT molecular complexity index is 510. The Labute approximate surface area is 173 Å². The van der Waals surface area contributed by atoms with E-state index in [1.165, 1.54) is 25.3 Å². The maximum Gasteiger partial charge on any atom is 0.246 e. The first-order valence-corrected chi connectivity index (χ1v) is 11.5. The van der Waals surface area contributed by atoms with Crippen molar-refractivity contribution in [1.82, 2.24) is 9.80 Å². The van der Waals surface area contributed by atoms with Crippen molar-refractivity contribution in [2.24, 2.45) is 17.8 Å². The van der Waals surface area contributed by atoms with Crippen LogP contribution in [0.15, 0.2) is 12.7 Å². The lowest BCUT2D eigenvalue weighted by atomic mass is 9.68. The molecule has 4 nitrogen and oxygen atoms in total. The van der Waals surface area contributed by atoms with Gasteiger partial charge in [0, 0.05) is 36.9 Å². The third-order valence-corrected chi connectivity index (χ3v) is 8.05. The molecule has 6 atom stereocenters. The number of aliphatic hydroxyl groups is 1. The lowest BCUT2D eigenvalue weighted by Gasteiger charge is -2.44. The molecule has 0 radical (unpaired) electrons. The predicted molar refractivity (Wildman–Crippen MR) is 111 cm³/mol. The normalized spacial score (nSPS) is 38.6. The molecule has 0 aromatic carbocycles. The van der Waals surface area contributed by atoms with Gasteiger partial charge in [0.05, 0.1) is 6.10 Å². The minimum atomic E-state index is -0.301. The van der Waals surface area contributed by atoms with E-state index >= 15 is 0 Å². The number of alkyl halides is 2. The van der Waals surface area contributed by atoms with Gasteiger partial charge >= 0.3 is 0 Å². The highest BCUT2D eigenvalue weighted by atomic mass is 35.5. The Morgan fingerprint density at radius 1 is 1.04 bits per heavy atom. The highest BCUT2D eigenvalue weighted by Gasteiger charge is 2.41. The van der Waals surface area contributed by atoms with Crippen molar-refractivity contribution in [3.63, 3.8) is 0 Å². The van der Waals surface area contributed by atoms with Gasteiger partial charge in [0.25, 0.3) is 0 Å². The topological polar surface area (TPSA) is 43.8 Å². The Balaban J connectivity index is 1.49. The minimum absolute atomic E-state index is 0.0245. The zero-order valence-corrected chi connectivity index (χ0v) is 17.8. The van der Waals surface area contributed by atoms with Crippen molar-refractivity contribution in [2.45, 2.75) is 61.8 Å². The van der Waals surface area contributed by atoms with Crippen LogP contribution >= 0.6 is 23.2 Å². The fraction of sp³-hybridized carbons (Fsp3) is 0.857. The number of amides is 1. The van der Waals surface area contributed by atoms with Crippen LogP contribution in [-0.4, -0.2) is 70.4 Å². The summed E-state index contributed by atoms with van der Waals surface area (Å²) in [4.78, 5) is 16.0. The van der Waals surface area contributed by atoms with Crippen LogP contribution in [0.1, 0.15) is 44.9 Å². The largest absolute Gasteiger partial charge is 0.393 e. The molecule has 1 heterocycles. The quantitative estimate of drug-likeness (QED) is 0.550. The van der Waals surface area contributed by atoms with Gasteiger partial charge < -0.3 is 10.0 Å². The first-order valence-electron chi connectivity index (χ1n) is 10.6. The summed E-state index contributed by atoms with van der Waals surface area (Å²) in [5, 5.41) is 10.9. The number of hydrogen-bond donors (Lipinski definition) is 1. The summed E-state index contributed by atoms with van der Waals surface area (Å²) in [6.07, 6.45) is 8.56. The van der Waals surface area contributed by atoms with Gasteiger partial charge in [-0.15, -0.1) is 23.2 Å². The highest BCUT2D eigenvalue weighted by Crippen LogP contribution is 2.45. The minimum Gasteiger partial charge on any atom is -0.393 e. The Morgan fingerprint density at radius 2 is 1.74 bits per heavy atom. The Morgan fingerprint density at radius 3 is 2.41 bits per heavy atom. The summed E-state index contributed by atoms with van der Waals surface area (Å²) in [6.45, 7) is 7.87. The Kier molecular flexibility index (Phi) is 7.90. The van der Waals surface area contributed by atoms with Crippen LogP contribution in [-0.2, 0) is 4.79 Å². The number of piperazine rings is 1. The van der Waals surface area contributed by atoms with Crippen molar-refractivity contribution in [2.75, 3.05) is 32.7 Å². The van der Waals surface area contributed by atoms with E-state index in [0.29, 0.717) is 24.2 Å². The molecule has 1 N–H and O–H groups in total. The number of carbonyl (C=O) groups is 1. The van der Waals surface area contributed by atoms with Gasteiger partial charge in [-0.1, -0.05) is 19.4 Å². The van der Waals surface area contributed by atoms with E-state index < -0.39 is 0 Å². The van der Waals surface area contributed by atoms with Gasteiger partial charge in [-0.05, 0) is 62.5 Å². The van der Waals surface area contributed by atoms with E-state index in [-0.39, 0.29) is 22.8 Å². The lowest BCUT2D eigenvalue weighted by molar-refractivity contribution is -0.127. The fourth-order valence-electron chi connectivity index (χ4n) is 5.27. The average molecular weight is 417 g/mol. The van der Waals surface area contributed by atoms with Gasteiger partial charge in [0.1, 0.15) is 0 Å². The van der Waals surface area contributed by atoms with Crippen molar-refractivity contribution in [3.8, 4) is 0 Å². The summed E-state index contributed by atoms with van der Waals surface area (Å²) < 4.78 is 0. The van der Waals surface area contributed by atoms with Crippen LogP contribution in [0, 0.1) is 17.8 Å². The summed E-state index contributed by atoms with van der Waals surface area (Å²) >= 11 is 13.3. The van der Waals surface area contributed by atoms with E-state index in [1.807, 2.05) is 4.90 Å². The number of carbonyl (C=O) groups excluding carboxylic acids is 1. The molecule has 27 heavy (non-hydrogen) atoms. The molecule has 0 bridgehead atoms. The number of hydrogen-bond acceptors (Lipinski definition) is 3. The number of nitrogens with zero attached hydrogens (tertiary/aromatic N) is 2. The standard InChI is InChI=1S/C21H34Cl2N2O2/c1-2-21(27)25-11-9-24(10-12-25)8-7-15-13-17(19(23)14-20(15)26)16-5-3-4-6-18(16)22/h2,15-20,26H,1,3-14H2. The number of rotatable bonds is 5. The molecule has 3 aliphatic rings. The van der Waals surface area contributed by atoms with Gasteiger partial charge in [-0.3, -0.25) is 9.69 Å². The van der Waals surface area contributed by atoms with Gasteiger partial charge in [-0.25, -0.2) is 0 Å². The monoisotopic (exact) mass is 416 g/mol. The molecule has 6 unspecified atom stereocenters. The zero-order chi connectivity index (χ0) is 19.4. The first-order chi connectivity index (χ1) is 13.0. The van der Waals surface area contributed by atoms with Crippen LogP contribution in [0.5, 0.6) is 0 Å². The van der Waals surface area contributed by atoms with Crippen LogP contribution < -0.4 is 0 Å². The first kappa shape index (κ1) is 21.4. The molecule has 3 rings (SSSR count). The van der Waals surface area contributed by atoms with Crippen LogP contribution in [0.4, 0.5) is 0 Å². The van der Waals surface area contributed by atoms with Crippen LogP contribution in [0.3, 0.4) is 0 Å². The maximum absolute atomic E-state index is 11.7. The number of halogens is 2. The second-order valence-electron chi connectivity index (χ2n) is 8.60. The smallest absolute Gasteiger partial charge is 0.246 e. The SMILES string of the molecule is C=CC(=O)N1CCN(CCC2CC(C3CCCCC3Cl)C(Cl)CC2O)CC1. The van der Waals surface area contributed by atoms with E-state index in [1.54, 1.807) is 0 Å². The van der Waals surface area contributed by atoms with Crippen molar-refractivity contribution < 1.29 is 9.90 Å². The fourth-order valence-corrected chi connectivity index (χ4v) is 6.21. The summed E-state index contributed by atoms with van der Waals surface area (Å²) in [6, 6.07) is 0. The molecule has 154 valence electrons. The van der Waals surface area contributed by atoms with Gasteiger partial charge in [-0.2, -0.15) is 0 Å². The van der Waals surface area contributed by atoms with Crippen molar-refractivity contribution >= 4 is 29.1 Å². The molecule has 0 aromatic heterocycles. The summed E-state index contributed by atoms with van der Waals surface area (Å²) in [5.41, 5.74) is 0. The molecular formula is C21H34Cl2N2O2. The van der Waals surface area contributed by atoms with E-state index in [4.69, 9.17) is 23.2 Å². The molecule has 1 amide bonds. The maximum atomic E-state index is 11.7. The molecule has 1 saturated heterocycles. The van der Waals surface area contributed by atoms with Gasteiger partial charge in [0.15, 0.2) is 0 Å². The Hall–Kier alpha value is -0.290. The molecule has 2 saturated carbocycles. The van der Waals surface area contributed by atoms with Crippen molar-refractivity contribution in [3.05, 3.63) is 12.7 Å². The lowest BCUT2D eigenvalue weighted by Crippen LogP contribution is -2.49. The molecule has 1 aliphatic heterocycles. The second kappa shape index (κ2) is 9.96. The highest BCUT2D eigenvalue weighted by molar-refractivity contribution is 6.22. The second-order valence-corrected chi connectivity index (χ2v) is 9.72. The molecule has 2 aliphatic carbocycles. The third-order valence-electron chi connectivity index (χ3n) is 7.01. The van der Waals surface area contributed by atoms with E-state index in [9.17, 15) is 9.90 Å². The summed E-state index contributed by atoms with van der Waals surface area (Å²) in [7, 11) is 0. The predicted octanol–water partition coefficient (Wildman–Crippen LogP) is 3.50. The molecule has 3 fully saturated rings. The van der Waals surface area contributed by atoms with E-state index in [2.05, 4.69) is 11.5 Å². The van der Waals surface area contributed by atoms with Crippen LogP contribution in [0.2, 0.25) is 0 Å². The van der Waals surface area contributed by atoms with E-state index in [0.717, 1.165) is 52.0 Å². The molecule has 0 aromatic rings. The average Bonchev–Trinajstić information content (AvgIpc) is 2.68. The molecule has 0 spiro atoms. The van der Waals surface area contributed by atoms with Crippen molar-refractivity contribution in [1.29, 1.82) is 0 Å². The van der Waals surface area contributed by atoms with Crippen LogP contribution in [0.25, 0.3) is 0 Å². The zero-order valence-electron chi connectivity index (χ0n) is 16.2. The summed E-state index contributed by atoms with van der Waals surface area (Å²) in [5.74, 6) is 1.27. The number of aliphatic hydroxyl groups excluding tert-OH is 1. The third kappa shape index (κ3) is 5.41. The van der Waals surface area contributed by atoms with Gasteiger partial charge in [0.2, 0.25) is 5.91 Å². The molecule has 6 heteroatoms. The molecular weight excluding hydrogens is 383 g/mol.